The number of aromatic nitrogens is 1. The fourth-order valence-electron chi connectivity index (χ4n) is 3.65. The van der Waals surface area contributed by atoms with Gasteiger partial charge in [0.25, 0.3) is 0 Å². The van der Waals surface area contributed by atoms with Crippen LogP contribution in [0.2, 0.25) is 0 Å². The lowest BCUT2D eigenvalue weighted by molar-refractivity contribution is -0.141. The van der Waals surface area contributed by atoms with E-state index in [9.17, 15) is 14.7 Å². The quantitative estimate of drug-likeness (QED) is 0.778. The maximum absolute atomic E-state index is 13.2. The van der Waals surface area contributed by atoms with Gasteiger partial charge in [0.05, 0.1) is 13.3 Å². The molecule has 1 saturated heterocycles. The molecule has 1 N–H and O–H groups in total. The summed E-state index contributed by atoms with van der Waals surface area (Å²) in [5.74, 6) is 0.929. The molecule has 8 heteroatoms. The van der Waals surface area contributed by atoms with E-state index >= 15 is 0 Å². The minimum Gasteiger partial charge on any atom is -0.489 e. The van der Waals surface area contributed by atoms with Crippen molar-refractivity contribution in [2.24, 2.45) is 5.92 Å². The molecule has 0 radical (unpaired) electrons. The summed E-state index contributed by atoms with van der Waals surface area (Å²) >= 11 is 0. The molecule has 1 fully saturated rings. The summed E-state index contributed by atoms with van der Waals surface area (Å²) in [4.78, 5) is 32.3. The zero-order valence-corrected chi connectivity index (χ0v) is 18.2. The molecule has 0 aromatic carbocycles. The number of likely N-dealkylation sites (tertiary alicyclic amines) is 1. The van der Waals surface area contributed by atoms with E-state index in [1.165, 1.54) is 4.90 Å². The Hall–Kier alpha value is -2.51. The van der Waals surface area contributed by atoms with Crippen molar-refractivity contribution in [1.29, 1.82) is 0 Å². The average molecular weight is 408 g/mol. The van der Waals surface area contributed by atoms with Crippen molar-refractivity contribution in [3.8, 4) is 11.6 Å². The number of amides is 2. The van der Waals surface area contributed by atoms with Gasteiger partial charge in [0.2, 0.25) is 11.8 Å². The van der Waals surface area contributed by atoms with Crippen LogP contribution in [-0.2, 0) is 4.79 Å². The normalized spacial score (nSPS) is 16.4. The molecule has 2 rings (SSSR count). The number of pyridine rings is 1. The van der Waals surface area contributed by atoms with Gasteiger partial charge in [-0.15, -0.1) is 0 Å². The maximum Gasteiger partial charge on any atom is 0.408 e. The van der Waals surface area contributed by atoms with E-state index in [0.29, 0.717) is 37.6 Å². The third-order valence-corrected chi connectivity index (χ3v) is 5.07. The number of nitrogens with zero attached hydrogens (tertiary/aromatic N) is 3. The average Bonchev–Trinajstić information content (AvgIpc) is 2.65. The Balaban J connectivity index is 2.02. The van der Waals surface area contributed by atoms with E-state index in [1.54, 1.807) is 24.3 Å². The van der Waals surface area contributed by atoms with Crippen LogP contribution in [0.4, 0.5) is 4.79 Å². The lowest BCUT2D eigenvalue weighted by Crippen LogP contribution is -2.60. The second-order valence-electron chi connectivity index (χ2n) is 8.69. The molecular formula is C21H33N3O5. The number of piperidine rings is 1. The lowest BCUT2D eigenvalue weighted by atomic mass is 9.94. The third kappa shape index (κ3) is 5.74. The Labute approximate surface area is 172 Å². The van der Waals surface area contributed by atoms with Crippen LogP contribution < -0.4 is 9.47 Å². The predicted molar refractivity (Wildman–Crippen MR) is 109 cm³/mol. The Morgan fingerprint density at radius 1 is 1.24 bits per heavy atom. The number of ether oxygens (including phenoxy) is 2. The first-order valence-corrected chi connectivity index (χ1v) is 10.0. The number of carboxylic acid groups (broad SMARTS) is 1. The standard InChI is InChI=1S/C21H33N3O5/c1-14(2)18(24(20(26)27)21(3,4)5)19(25)23-11-9-15(10-12-23)29-16-7-8-17(28-6)22-13-16/h7-8,13-15,18H,9-12H2,1-6H3,(H,26,27)/t18-/m0/s1. The monoisotopic (exact) mass is 407 g/mol. The Morgan fingerprint density at radius 2 is 1.86 bits per heavy atom. The fraction of sp³-hybridized carbons (Fsp3) is 0.667. The number of methoxy groups -OCH3 is 1. The minimum atomic E-state index is -1.07. The van der Waals surface area contributed by atoms with Gasteiger partial charge in [0, 0.05) is 37.5 Å². The van der Waals surface area contributed by atoms with E-state index < -0.39 is 17.7 Å². The zero-order chi connectivity index (χ0) is 21.8. The highest BCUT2D eigenvalue weighted by Crippen LogP contribution is 2.26. The summed E-state index contributed by atoms with van der Waals surface area (Å²) < 4.78 is 11.0. The Morgan fingerprint density at radius 3 is 2.28 bits per heavy atom. The van der Waals surface area contributed by atoms with Crippen molar-refractivity contribution >= 4 is 12.0 Å². The number of hydrogen-bond acceptors (Lipinski definition) is 5. The molecule has 1 atom stereocenters. The first-order chi connectivity index (χ1) is 13.5. The van der Waals surface area contributed by atoms with Gasteiger partial charge in [-0.25, -0.2) is 9.78 Å². The highest BCUT2D eigenvalue weighted by Gasteiger charge is 2.41. The van der Waals surface area contributed by atoms with E-state index in [0.717, 1.165) is 0 Å². The van der Waals surface area contributed by atoms with E-state index in [2.05, 4.69) is 4.98 Å². The van der Waals surface area contributed by atoms with Crippen LogP contribution in [-0.4, -0.2) is 69.8 Å². The van der Waals surface area contributed by atoms with Gasteiger partial charge in [-0.05, 0) is 32.8 Å². The molecule has 0 saturated carbocycles. The van der Waals surface area contributed by atoms with Crippen molar-refractivity contribution in [1.82, 2.24) is 14.8 Å². The van der Waals surface area contributed by atoms with Gasteiger partial charge in [-0.1, -0.05) is 13.8 Å². The van der Waals surface area contributed by atoms with Crippen molar-refractivity contribution in [2.75, 3.05) is 20.2 Å². The summed E-state index contributed by atoms with van der Waals surface area (Å²) in [7, 11) is 1.56. The van der Waals surface area contributed by atoms with Gasteiger partial charge in [-0.3, -0.25) is 9.69 Å². The second kappa shape index (κ2) is 9.33. The van der Waals surface area contributed by atoms with E-state index in [1.807, 2.05) is 40.7 Å². The first-order valence-electron chi connectivity index (χ1n) is 10.0. The lowest BCUT2D eigenvalue weighted by Gasteiger charge is -2.43. The number of rotatable bonds is 6. The summed E-state index contributed by atoms with van der Waals surface area (Å²) in [5, 5.41) is 9.74. The van der Waals surface area contributed by atoms with Crippen molar-refractivity contribution in [3.05, 3.63) is 18.3 Å². The molecular weight excluding hydrogens is 374 g/mol. The predicted octanol–water partition coefficient (Wildman–Crippen LogP) is 3.26. The summed E-state index contributed by atoms with van der Waals surface area (Å²) in [6, 6.07) is 2.84. The topological polar surface area (TPSA) is 92.2 Å². The molecule has 162 valence electrons. The number of hydrogen-bond donors (Lipinski definition) is 1. The van der Waals surface area contributed by atoms with Gasteiger partial charge in [-0.2, -0.15) is 0 Å². The van der Waals surface area contributed by atoms with Crippen LogP contribution in [0.25, 0.3) is 0 Å². The molecule has 1 aliphatic rings. The molecule has 0 spiro atoms. The minimum absolute atomic E-state index is 0.00932. The smallest absolute Gasteiger partial charge is 0.408 e. The second-order valence-corrected chi connectivity index (χ2v) is 8.69. The highest BCUT2D eigenvalue weighted by atomic mass is 16.5. The number of carbonyl (C=O) groups excluding carboxylic acids is 1. The summed E-state index contributed by atoms with van der Waals surface area (Å²) in [5.41, 5.74) is -0.667. The molecule has 8 nitrogen and oxygen atoms in total. The highest BCUT2D eigenvalue weighted by molar-refractivity contribution is 5.86. The molecule has 0 bridgehead atoms. The molecule has 2 heterocycles. The molecule has 1 aliphatic heterocycles. The van der Waals surface area contributed by atoms with E-state index in [4.69, 9.17) is 9.47 Å². The van der Waals surface area contributed by atoms with Crippen LogP contribution in [0.15, 0.2) is 18.3 Å². The zero-order valence-electron chi connectivity index (χ0n) is 18.2. The molecule has 29 heavy (non-hydrogen) atoms. The van der Waals surface area contributed by atoms with Gasteiger partial charge in [0.1, 0.15) is 17.9 Å². The van der Waals surface area contributed by atoms with Crippen LogP contribution in [0.3, 0.4) is 0 Å². The van der Waals surface area contributed by atoms with Gasteiger partial charge in [0.15, 0.2) is 0 Å². The van der Waals surface area contributed by atoms with Crippen LogP contribution in [0, 0.1) is 5.92 Å². The van der Waals surface area contributed by atoms with Crippen LogP contribution >= 0.6 is 0 Å². The Bertz CT molecular complexity index is 691. The SMILES string of the molecule is COc1ccc(OC2CCN(C(=O)[C@H](C(C)C)N(C(=O)O)C(C)(C)C)CC2)cn1. The maximum atomic E-state index is 13.2. The molecule has 1 aromatic heterocycles. The van der Waals surface area contributed by atoms with Gasteiger partial charge >= 0.3 is 6.09 Å². The summed E-state index contributed by atoms with van der Waals surface area (Å²) in [6.45, 7) is 10.3. The largest absolute Gasteiger partial charge is 0.489 e. The van der Waals surface area contributed by atoms with Crippen molar-refractivity contribution in [3.63, 3.8) is 0 Å². The van der Waals surface area contributed by atoms with Crippen LogP contribution in [0.1, 0.15) is 47.5 Å². The van der Waals surface area contributed by atoms with Crippen LogP contribution in [0.5, 0.6) is 11.6 Å². The van der Waals surface area contributed by atoms with Gasteiger partial charge < -0.3 is 19.5 Å². The Kier molecular flexibility index (Phi) is 7.32. The van der Waals surface area contributed by atoms with Crippen molar-refractivity contribution < 1.29 is 24.2 Å². The third-order valence-electron chi connectivity index (χ3n) is 5.07. The molecule has 1 aromatic rings. The molecule has 0 aliphatic carbocycles. The fourth-order valence-corrected chi connectivity index (χ4v) is 3.65. The molecule has 0 unspecified atom stereocenters. The van der Waals surface area contributed by atoms with Crippen molar-refractivity contribution in [2.45, 2.75) is 65.1 Å². The van der Waals surface area contributed by atoms with E-state index in [-0.39, 0.29) is 17.9 Å². The number of carbonyl (C=O) groups is 2. The molecule has 2 amide bonds. The first kappa shape index (κ1) is 22.8. The summed E-state index contributed by atoms with van der Waals surface area (Å²) in [6.07, 6.45) is 1.91.